The van der Waals surface area contributed by atoms with Gasteiger partial charge in [0.1, 0.15) is 0 Å². The summed E-state index contributed by atoms with van der Waals surface area (Å²) in [5.74, 6) is 0. The third-order valence-electron chi connectivity index (χ3n) is 3.40. The molecule has 2 unspecified atom stereocenters. The standard InChI is InChI=1S/C15H23NOS/c1-4-16-10-13-5-6-14(11(2)9-13)18-15-7-8-17-12(15)3/h5-6,9,12,15-16H,4,7-8,10H2,1-3H3. The van der Waals surface area contributed by atoms with Gasteiger partial charge in [0, 0.05) is 23.3 Å². The van der Waals surface area contributed by atoms with Crippen LogP contribution in [0.25, 0.3) is 0 Å². The Morgan fingerprint density at radius 2 is 2.28 bits per heavy atom. The Balaban J connectivity index is 2.00. The highest BCUT2D eigenvalue weighted by Crippen LogP contribution is 2.34. The normalized spacial score (nSPS) is 23.5. The van der Waals surface area contributed by atoms with E-state index in [-0.39, 0.29) is 0 Å². The number of nitrogens with one attached hydrogen (secondary N) is 1. The first-order chi connectivity index (χ1) is 8.70. The number of aryl methyl sites for hydroxylation is 1. The second-order valence-corrected chi connectivity index (χ2v) is 6.18. The highest BCUT2D eigenvalue weighted by atomic mass is 32.2. The molecule has 0 saturated carbocycles. The SMILES string of the molecule is CCNCc1ccc(SC2CCOC2C)c(C)c1. The third kappa shape index (κ3) is 3.50. The molecule has 0 aliphatic carbocycles. The summed E-state index contributed by atoms with van der Waals surface area (Å²) in [7, 11) is 0. The quantitative estimate of drug-likeness (QED) is 0.882. The molecule has 2 atom stereocenters. The summed E-state index contributed by atoms with van der Waals surface area (Å²) in [6.07, 6.45) is 1.56. The summed E-state index contributed by atoms with van der Waals surface area (Å²) in [6, 6.07) is 6.79. The van der Waals surface area contributed by atoms with E-state index in [1.54, 1.807) is 0 Å². The molecule has 1 aromatic carbocycles. The van der Waals surface area contributed by atoms with Crippen molar-refractivity contribution in [3.05, 3.63) is 29.3 Å². The minimum absolute atomic E-state index is 0.385. The van der Waals surface area contributed by atoms with Crippen molar-refractivity contribution in [3.63, 3.8) is 0 Å². The number of ether oxygens (including phenoxy) is 1. The van der Waals surface area contributed by atoms with E-state index in [1.807, 2.05) is 11.8 Å². The number of thioether (sulfide) groups is 1. The van der Waals surface area contributed by atoms with Gasteiger partial charge in [0.25, 0.3) is 0 Å². The lowest BCUT2D eigenvalue weighted by molar-refractivity contribution is 0.127. The molecular weight excluding hydrogens is 242 g/mol. The van der Waals surface area contributed by atoms with Gasteiger partial charge in [-0.2, -0.15) is 0 Å². The van der Waals surface area contributed by atoms with Gasteiger partial charge in [-0.15, -0.1) is 11.8 Å². The Hall–Kier alpha value is -0.510. The van der Waals surface area contributed by atoms with Crippen molar-refractivity contribution < 1.29 is 4.74 Å². The Morgan fingerprint density at radius 3 is 2.89 bits per heavy atom. The maximum absolute atomic E-state index is 5.62. The van der Waals surface area contributed by atoms with E-state index in [0.29, 0.717) is 11.4 Å². The molecule has 1 heterocycles. The second kappa shape index (κ2) is 6.60. The van der Waals surface area contributed by atoms with Crippen LogP contribution < -0.4 is 5.32 Å². The predicted octanol–water partition coefficient (Wildman–Crippen LogP) is 3.37. The number of rotatable bonds is 5. The molecule has 0 amide bonds. The average molecular weight is 265 g/mol. The van der Waals surface area contributed by atoms with E-state index in [2.05, 4.69) is 44.3 Å². The van der Waals surface area contributed by atoms with E-state index >= 15 is 0 Å². The first kappa shape index (κ1) is 13.9. The van der Waals surface area contributed by atoms with Crippen LogP contribution >= 0.6 is 11.8 Å². The molecule has 1 aromatic rings. The van der Waals surface area contributed by atoms with Gasteiger partial charge in [-0.25, -0.2) is 0 Å². The monoisotopic (exact) mass is 265 g/mol. The first-order valence-corrected chi connectivity index (χ1v) is 7.67. The maximum Gasteiger partial charge on any atom is 0.0669 e. The van der Waals surface area contributed by atoms with Crippen LogP contribution in [-0.2, 0) is 11.3 Å². The third-order valence-corrected chi connectivity index (χ3v) is 5.04. The Kier molecular flexibility index (Phi) is 5.10. The summed E-state index contributed by atoms with van der Waals surface area (Å²) >= 11 is 1.97. The summed E-state index contributed by atoms with van der Waals surface area (Å²) in [5, 5.41) is 3.98. The zero-order valence-corrected chi connectivity index (χ0v) is 12.3. The lowest BCUT2D eigenvalue weighted by Crippen LogP contribution is -2.13. The molecule has 1 fully saturated rings. The van der Waals surface area contributed by atoms with Crippen LogP contribution in [0.4, 0.5) is 0 Å². The highest BCUT2D eigenvalue weighted by molar-refractivity contribution is 8.00. The molecular formula is C15H23NOS. The summed E-state index contributed by atoms with van der Waals surface area (Å²) in [4.78, 5) is 1.40. The molecule has 100 valence electrons. The summed E-state index contributed by atoms with van der Waals surface area (Å²) in [6.45, 7) is 9.42. The first-order valence-electron chi connectivity index (χ1n) is 6.79. The van der Waals surface area contributed by atoms with Crippen LogP contribution in [0.3, 0.4) is 0 Å². The van der Waals surface area contributed by atoms with Crippen molar-refractivity contribution in [1.82, 2.24) is 5.32 Å². The molecule has 1 aliphatic heterocycles. The molecule has 2 nitrogen and oxygen atoms in total. The molecule has 1 saturated heterocycles. The van der Waals surface area contributed by atoms with Crippen LogP contribution in [0.1, 0.15) is 31.4 Å². The fourth-order valence-electron chi connectivity index (χ4n) is 2.25. The van der Waals surface area contributed by atoms with Gasteiger partial charge in [0.2, 0.25) is 0 Å². The van der Waals surface area contributed by atoms with E-state index in [1.165, 1.54) is 22.4 Å². The highest BCUT2D eigenvalue weighted by Gasteiger charge is 2.25. The van der Waals surface area contributed by atoms with Crippen molar-refractivity contribution in [2.45, 2.75) is 50.0 Å². The molecule has 0 radical (unpaired) electrons. The van der Waals surface area contributed by atoms with Crippen molar-refractivity contribution in [2.24, 2.45) is 0 Å². The molecule has 3 heteroatoms. The minimum atomic E-state index is 0.385. The van der Waals surface area contributed by atoms with Crippen molar-refractivity contribution in [1.29, 1.82) is 0 Å². The van der Waals surface area contributed by atoms with Crippen LogP contribution in [0, 0.1) is 6.92 Å². The molecule has 0 bridgehead atoms. The molecule has 0 spiro atoms. The maximum atomic E-state index is 5.62. The molecule has 0 aromatic heterocycles. The topological polar surface area (TPSA) is 21.3 Å². The fraction of sp³-hybridized carbons (Fsp3) is 0.600. The zero-order chi connectivity index (χ0) is 13.0. The van der Waals surface area contributed by atoms with E-state index in [4.69, 9.17) is 4.74 Å². The van der Waals surface area contributed by atoms with Gasteiger partial charge in [-0.1, -0.05) is 19.1 Å². The van der Waals surface area contributed by atoms with Gasteiger partial charge in [-0.05, 0) is 44.0 Å². The van der Waals surface area contributed by atoms with Gasteiger partial charge in [0.05, 0.1) is 6.10 Å². The van der Waals surface area contributed by atoms with Gasteiger partial charge >= 0.3 is 0 Å². The number of benzene rings is 1. The van der Waals surface area contributed by atoms with Crippen molar-refractivity contribution in [2.75, 3.05) is 13.2 Å². The zero-order valence-electron chi connectivity index (χ0n) is 11.5. The van der Waals surface area contributed by atoms with Crippen LogP contribution in [-0.4, -0.2) is 24.5 Å². The lowest BCUT2D eigenvalue weighted by atomic mass is 10.1. The number of hydrogen-bond acceptors (Lipinski definition) is 3. The Labute approximate surface area is 114 Å². The van der Waals surface area contributed by atoms with E-state index in [9.17, 15) is 0 Å². The van der Waals surface area contributed by atoms with Crippen LogP contribution in [0.15, 0.2) is 23.1 Å². The average Bonchev–Trinajstić information content (AvgIpc) is 2.75. The summed E-state index contributed by atoms with van der Waals surface area (Å²) in [5.41, 5.74) is 2.75. The van der Waals surface area contributed by atoms with Gasteiger partial charge < -0.3 is 10.1 Å². The number of hydrogen-bond donors (Lipinski definition) is 1. The predicted molar refractivity (Wildman–Crippen MR) is 78.2 cm³/mol. The van der Waals surface area contributed by atoms with Crippen molar-refractivity contribution >= 4 is 11.8 Å². The van der Waals surface area contributed by atoms with E-state index < -0.39 is 0 Å². The summed E-state index contributed by atoms with van der Waals surface area (Å²) < 4.78 is 5.62. The largest absolute Gasteiger partial charge is 0.377 e. The lowest BCUT2D eigenvalue weighted by Gasteiger charge is -2.15. The molecule has 18 heavy (non-hydrogen) atoms. The smallest absolute Gasteiger partial charge is 0.0669 e. The molecule has 1 N–H and O–H groups in total. The second-order valence-electron chi connectivity index (χ2n) is 4.90. The molecule has 1 aliphatic rings. The van der Waals surface area contributed by atoms with Crippen LogP contribution in [0.5, 0.6) is 0 Å². The van der Waals surface area contributed by atoms with E-state index in [0.717, 1.165) is 19.7 Å². The fourth-order valence-corrected chi connectivity index (χ4v) is 3.45. The van der Waals surface area contributed by atoms with Gasteiger partial charge in [-0.3, -0.25) is 0 Å². The van der Waals surface area contributed by atoms with Gasteiger partial charge in [0.15, 0.2) is 0 Å². The van der Waals surface area contributed by atoms with Crippen molar-refractivity contribution in [3.8, 4) is 0 Å². The van der Waals surface area contributed by atoms with Crippen LogP contribution in [0.2, 0.25) is 0 Å². The molecule has 2 rings (SSSR count). The Morgan fingerprint density at radius 1 is 1.44 bits per heavy atom. The minimum Gasteiger partial charge on any atom is -0.377 e. The Bertz CT molecular complexity index is 394.